The fraction of sp³-hybridized carbons (Fsp3) is 0.474. The second-order valence-electron chi connectivity index (χ2n) is 6.74. The molecule has 24 heavy (non-hydrogen) atoms. The number of hydrogen-bond acceptors (Lipinski definition) is 3. The predicted molar refractivity (Wildman–Crippen MR) is 94.6 cm³/mol. The van der Waals surface area contributed by atoms with Gasteiger partial charge in [0, 0.05) is 30.8 Å². The zero-order valence-corrected chi connectivity index (χ0v) is 14.5. The van der Waals surface area contributed by atoms with E-state index in [1.807, 2.05) is 19.3 Å². The average molecular weight is 326 g/mol. The number of likely N-dealkylation sites (N-methyl/N-ethyl adjacent to an activating group) is 1. The Morgan fingerprint density at radius 3 is 2.58 bits per heavy atom. The van der Waals surface area contributed by atoms with Crippen LogP contribution in [0.25, 0.3) is 0 Å². The lowest BCUT2D eigenvalue weighted by Gasteiger charge is -2.30. The number of carbonyl (C=O) groups excluding carboxylic acids is 1. The average Bonchev–Trinajstić information content (AvgIpc) is 3.25. The molecule has 1 aliphatic rings. The van der Waals surface area contributed by atoms with Crippen LogP contribution in [-0.4, -0.2) is 29.3 Å². The topological polar surface area (TPSA) is 59.0 Å². The predicted octanol–water partition coefficient (Wildman–Crippen LogP) is 2.31. The normalized spacial score (nSPS) is 17.6. The van der Waals surface area contributed by atoms with Crippen molar-refractivity contribution in [3.8, 4) is 0 Å². The Morgan fingerprint density at radius 2 is 2.00 bits per heavy atom. The largest absolute Gasteiger partial charge is 0.354 e. The number of amides is 1. The van der Waals surface area contributed by atoms with E-state index in [9.17, 15) is 4.79 Å². The second-order valence-corrected chi connectivity index (χ2v) is 6.74. The SMILES string of the molecule is CNC(C(=O)NCC1(c2ccccc2)CCCC1)c1cnn(C)c1. The maximum absolute atomic E-state index is 12.7. The van der Waals surface area contributed by atoms with Crippen molar-refractivity contribution in [3.05, 3.63) is 53.9 Å². The zero-order valence-electron chi connectivity index (χ0n) is 14.5. The van der Waals surface area contributed by atoms with Gasteiger partial charge in [-0.1, -0.05) is 43.2 Å². The Labute approximate surface area is 143 Å². The Balaban J connectivity index is 1.71. The van der Waals surface area contributed by atoms with E-state index in [1.54, 1.807) is 17.9 Å². The van der Waals surface area contributed by atoms with E-state index in [2.05, 4.69) is 40.0 Å². The number of nitrogens with zero attached hydrogens (tertiary/aromatic N) is 2. The molecule has 1 aromatic carbocycles. The molecule has 1 saturated carbocycles. The third-order valence-electron chi connectivity index (χ3n) is 5.16. The van der Waals surface area contributed by atoms with Gasteiger partial charge in [-0.05, 0) is 25.5 Å². The van der Waals surface area contributed by atoms with Gasteiger partial charge in [-0.3, -0.25) is 9.48 Å². The lowest BCUT2D eigenvalue weighted by molar-refractivity contribution is -0.123. The molecule has 1 amide bonds. The molecular formula is C19H26N4O. The van der Waals surface area contributed by atoms with Gasteiger partial charge in [-0.2, -0.15) is 5.10 Å². The van der Waals surface area contributed by atoms with Gasteiger partial charge in [0.2, 0.25) is 5.91 Å². The van der Waals surface area contributed by atoms with Crippen molar-refractivity contribution < 1.29 is 4.79 Å². The summed E-state index contributed by atoms with van der Waals surface area (Å²) in [4.78, 5) is 12.7. The Morgan fingerprint density at radius 1 is 1.29 bits per heavy atom. The Bertz CT molecular complexity index is 674. The van der Waals surface area contributed by atoms with Crippen LogP contribution < -0.4 is 10.6 Å². The van der Waals surface area contributed by atoms with Crippen LogP contribution in [0.3, 0.4) is 0 Å². The zero-order chi connectivity index (χ0) is 17.0. The molecule has 1 fully saturated rings. The van der Waals surface area contributed by atoms with Crippen LogP contribution >= 0.6 is 0 Å². The molecular weight excluding hydrogens is 300 g/mol. The lowest BCUT2D eigenvalue weighted by atomic mass is 9.79. The maximum Gasteiger partial charge on any atom is 0.241 e. The molecule has 1 heterocycles. The van der Waals surface area contributed by atoms with Crippen LogP contribution in [0.4, 0.5) is 0 Å². The van der Waals surface area contributed by atoms with Crippen molar-refractivity contribution in [2.75, 3.05) is 13.6 Å². The molecule has 2 N–H and O–H groups in total. The third kappa shape index (κ3) is 3.36. The molecule has 0 bridgehead atoms. The first kappa shape index (κ1) is 16.7. The summed E-state index contributed by atoms with van der Waals surface area (Å²) in [5, 5.41) is 10.4. The molecule has 128 valence electrons. The van der Waals surface area contributed by atoms with E-state index in [4.69, 9.17) is 0 Å². The van der Waals surface area contributed by atoms with Gasteiger partial charge in [-0.25, -0.2) is 0 Å². The van der Waals surface area contributed by atoms with Gasteiger partial charge < -0.3 is 10.6 Å². The van der Waals surface area contributed by atoms with Crippen molar-refractivity contribution in [3.63, 3.8) is 0 Å². The highest BCUT2D eigenvalue weighted by atomic mass is 16.2. The van der Waals surface area contributed by atoms with Crippen molar-refractivity contribution in [1.29, 1.82) is 0 Å². The van der Waals surface area contributed by atoms with E-state index in [-0.39, 0.29) is 17.4 Å². The summed E-state index contributed by atoms with van der Waals surface area (Å²) >= 11 is 0. The highest BCUT2D eigenvalue weighted by Crippen LogP contribution is 2.40. The second kappa shape index (κ2) is 7.18. The van der Waals surface area contributed by atoms with Crippen LogP contribution in [0.5, 0.6) is 0 Å². The summed E-state index contributed by atoms with van der Waals surface area (Å²) in [6.07, 6.45) is 8.33. The minimum Gasteiger partial charge on any atom is -0.354 e. The van der Waals surface area contributed by atoms with Crippen molar-refractivity contribution in [2.24, 2.45) is 7.05 Å². The molecule has 1 atom stereocenters. The first-order valence-corrected chi connectivity index (χ1v) is 8.64. The van der Waals surface area contributed by atoms with Crippen LogP contribution in [0, 0.1) is 0 Å². The molecule has 1 aromatic heterocycles. The first-order chi connectivity index (χ1) is 11.6. The summed E-state index contributed by atoms with van der Waals surface area (Å²) in [6, 6.07) is 10.2. The number of hydrogen-bond donors (Lipinski definition) is 2. The summed E-state index contributed by atoms with van der Waals surface area (Å²) in [5.74, 6) is 0.00714. The highest BCUT2D eigenvalue weighted by molar-refractivity contribution is 5.83. The van der Waals surface area contributed by atoms with Gasteiger partial charge in [-0.15, -0.1) is 0 Å². The van der Waals surface area contributed by atoms with Crippen molar-refractivity contribution in [1.82, 2.24) is 20.4 Å². The molecule has 2 aromatic rings. The fourth-order valence-electron chi connectivity index (χ4n) is 3.81. The molecule has 0 spiro atoms. The van der Waals surface area contributed by atoms with Crippen molar-refractivity contribution >= 4 is 5.91 Å². The summed E-state index contributed by atoms with van der Waals surface area (Å²) in [7, 11) is 3.66. The van der Waals surface area contributed by atoms with Gasteiger partial charge in [0.15, 0.2) is 0 Å². The maximum atomic E-state index is 12.7. The third-order valence-corrected chi connectivity index (χ3v) is 5.16. The number of aryl methyl sites for hydroxylation is 1. The molecule has 0 saturated heterocycles. The molecule has 5 heteroatoms. The molecule has 0 aliphatic heterocycles. The van der Waals surface area contributed by atoms with E-state index in [0.29, 0.717) is 6.54 Å². The molecule has 0 radical (unpaired) electrons. The molecule has 1 unspecified atom stereocenters. The summed E-state index contributed by atoms with van der Waals surface area (Å²) in [6.45, 7) is 0.689. The quantitative estimate of drug-likeness (QED) is 0.856. The minimum absolute atomic E-state index is 0.00714. The van der Waals surface area contributed by atoms with E-state index >= 15 is 0 Å². The van der Waals surface area contributed by atoms with Crippen LogP contribution in [-0.2, 0) is 17.3 Å². The standard InChI is InChI=1S/C19H26N4O/c1-20-17(15-12-22-23(2)13-15)18(24)21-14-19(10-6-7-11-19)16-8-4-3-5-9-16/h3-5,8-9,12-13,17,20H,6-7,10-11,14H2,1-2H3,(H,21,24). The van der Waals surface area contributed by atoms with Gasteiger partial charge in [0.25, 0.3) is 0 Å². The lowest BCUT2D eigenvalue weighted by Crippen LogP contribution is -2.43. The number of aromatic nitrogens is 2. The number of benzene rings is 1. The van der Waals surface area contributed by atoms with Crippen LogP contribution in [0.1, 0.15) is 42.9 Å². The van der Waals surface area contributed by atoms with Crippen molar-refractivity contribution in [2.45, 2.75) is 37.1 Å². The highest BCUT2D eigenvalue weighted by Gasteiger charge is 2.36. The summed E-state index contributed by atoms with van der Waals surface area (Å²) < 4.78 is 1.72. The van der Waals surface area contributed by atoms with E-state index < -0.39 is 0 Å². The van der Waals surface area contributed by atoms with Crippen LogP contribution in [0.2, 0.25) is 0 Å². The number of nitrogens with one attached hydrogen (secondary N) is 2. The van der Waals surface area contributed by atoms with Crippen LogP contribution in [0.15, 0.2) is 42.7 Å². The van der Waals surface area contributed by atoms with E-state index in [1.165, 1.54) is 18.4 Å². The Kier molecular flexibility index (Phi) is 5.00. The van der Waals surface area contributed by atoms with Gasteiger partial charge in [0.05, 0.1) is 6.20 Å². The molecule has 5 nitrogen and oxygen atoms in total. The smallest absolute Gasteiger partial charge is 0.241 e. The number of rotatable bonds is 6. The molecule has 3 rings (SSSR count). The van der Waals surface area contributed by atoms with E-state index in [0.717, 1.165) is 18.4 Å². The molecule has 1 aliphatic carbocycles. The first-order valence-electron chi connectivity index (χ1n) is 8.64. The fourth-order valence-corrected chi connectivity index (χ4v) is 3.81. The summed E-state index contributed by atoms with van der Waals surface area (Å²) in [5.41, 5.74) is 2.30. The van der Waals surface area contributed by atoms with Gasteiger partial charge >= 0.3 is 0 Å². The minimum atomic E-state index is -0.368. The van der Waals surface area contributed by atoms with Gasteiger partial charge in [0.1, 0.15) is 6.04 Å². The Hall–Kier alpha value is -2.14. The monoisotopic (exact) mass is 326 g/mol. The number of carbonyl (C=O) groups is 1.